The van der Waals surface area contributed by atoms with Gasteiger partial charge < -0.3 is 5.73 Å². The van der Waals surface area contributed by atoms with Gasteiger partial charge in [0.25, 0.3) is 0 Å². The van der Waals surface area contributed by atoms with Crippen LogP contribution >= 0.6 is 31.9 Å². The maximum Gasteiger partial charge on any atom is 0.129 e. The molecule has 0 aliphatic carbocycles. The molecule has 0 saturated heterocycles. The summed E-state index contributed by atoms with van der Waals surface area (Å²) in [5.41, 5.74) is 8.61. The quantitative estimate of drug-likeness (QED) is 0.832. The highest BCUT2D eigenvalue weighted by Crippen LogP contribution is 2.30. The molecule has 20 heavy (non-hydrogen) atoms. The van der Waals surface area contributed by atoms with Gasteiger partial charge in [0, 0.05) is 29.0 Å². The topological polar surface area (TPSA) is 43.8 Å². The predicted molar refractivity (Wildman–Crippen MR) is 85.1 cm³/mol. The lowest BCUT2D eigenvalue weighted by molar-refractivity contribution is 0.553. The second-order valence-corrected chi connectivity index (χ2v) is 6.26. The van der Waals surface area contributed by atoms with E-state index in [1.165, 1.54) is 6.07 Å². The lowest BCUT2D eigenvalue weighted by Crippen LogP contribution is -2.18. The van der Waals surface area contributed by atoms with Crippen molar-refractivity contribution in [3.8, 4) is 0 Å². The minimum atomic E-state index is -0.428. The zero-order valence-electron chi connectivity index (χ0n) is 11.3. The Labute approximate surface area is 134 Å². The highest BCUT2D eigenvalue weighted by atomic mass is 79.9. The standard InChI is InChI=1S/C14H16Br2FN3/c1-3-20-12(14(16)8(2)19-20)7-11(18)13-9(15)5-4-6-10(13)17/h4-6,11H,3,7,18H2,1-2H3. The average molecular weight is 405 g/mol. The van der Waals surface area contributed by atoms with Crippen molar-refractivity contribution in [3.05, 3.63) is 49.9 Å². The Balaban J connectivity index is 2.35. The van der Waals surface area contributed by atoms with Crippen LogP contribution in [0.5, 0.6) is 0 Å². The third kappa shape index (κ3) is 2.97. The average Bonchev–Trinajstić information content (AvgIpc) is 2.66. The highest BCUT2D eigenvalue weighted by Gasteiger charge is 2.20. The van der Waals surface area contributed by atoms with Crippen molar-refractivity contribution in [2.24, 2.45) is 5.73 Å². The first kappa shape index (κ1) is 15.7. The van der Waals surface area contributed by atoms with Crippen LogP contribution in [0.15, 0.2) is 27.1 Å². The molecule has 1 atom stereocenters. The summed E-state index contributed by atoms with van der Waals surface area (Å²) in [5.74, 6) is -0.290. The fourth-order valence-corrected chi connectivity index (χ4v) is 3.32. The van der Waals surface area contributed by atoms with E-state index in [4.69, 9.17) is 5.73 Å². The molecule has 0 aliphatic heterocycles. The van der Waals surface area contributed by atoms with Crippen LogP contribution in [0.25, 0.3) is 0 Å². The first-order chi connectivity index (χ1) is 9.45. The van der Waals surface area contributed by atoms with Gasteiger partial charge >= 0.3 is 0 Å². The van der Waals surface area contributed by atoms with E-state index < -0.39 is 6.04 Å². The number of hydrogen-bond donors (Lipinski definition) is 1. The first-order valence-electron chi connectivity index (χ1n) is 6.37. The van der Waals surface area contributed by atoms with Gasteiger partial charge in [0.15, 0.2) is 0 Å². The minimum absolute atomic E-state index is 0.290. The van der Waals surface area contributed by atoms with Crippen molar-refractivity contribution in [1.82, 2.24) is 9.78 Å². The monoisotopic (exact) mass is 403 g/mol. The third-order valence-electron chi connectivity index (χ3n) is 3.24. The Hall–Kier alpha value is -0.720. The summed E-state index contributed by atoms with van der Waals surface area (Å²) in [6.07, 6.45) is 0.523. The third-order valence-corrected chi connectivity index (χ3v) is 4.96. The van der Waals surface area contributed by atoms with Crippen LogP contribution in [0.1, 0.15) is 29.9 Å². The molecule has 3 nitrogen and oxygen atoms in total. The summed E-state index contributed by atoms with van der Waals surface area (Å²) in [6, 6.07) is 4.46. The molecular formula is C14H16Br2FN3. The molecule has 1 aromatic heterocycles. The van der Waals surface area contributed by atoms with Gasteiger partial charge in [0.1, 0.15) is 5.82 Å². The molecule has 0 fully saturated rings. The van der Waals surface area contributed by atoms with Gasteiger partial charge in [-0.15, -0.1) is 0 Å². The lowest BCUT2D eigenvalue weighted by atomic mass is 10.0. The molecule has 6 heteroatoms. The molecule has 1 heterocycles. The van der Waals surface area contributed by atoms with E-state index in [2.05, 4.69) is 37.0 Å². The Morgan fingerprint density at radius 3 is 2.70 bits per heavy atom. The van der Waals surface area contributed by atoms with Gasteiger partial charge in [0.05, 0.1) is 15.9 Å². The number of nitrogens with zero attached hydrogens (tertiary/aromatic N) is 2. The summed E-state index contributed by atoms with van der Waals surface area (Å²) in [4.78, 5) is 0. The fraction of sp³-hybridized carbons (Fsp3) is 0.357. The molecule has 0 radical (unpaired) electrons. The number of aromatic nitrogens is 2. The Morgan fingerprint density at radius 2 is 2.10 bits per heavy atom. The van der Waals surface area contributed by atoms with E-state index in [1.807, 2.05) is 18.5 Å². The maximum atomic E-state index is 13.9. The molecule has 0 saturated carbocycles. The Bertz CT molecular complexity index is 605. The minimum Gasteiger partial charge on any atom is -0.323 e. The van der Waals surface area contributed by atoms with Gasteiger partial charge in [-0.25, -0.2) is 4.39 Å². The molecule has 1 aromatic carbocycles. The molecule has 2 rings (SSSR count). The Kier molecular flexibility index (Phi) is 4.99. The number of benzene rings is 1. The van der Waals surface area contributed by atoms with Crippen molar-refractivity contribution in [1.29, 1.82) is 0 Å². The SMILES string of the molecule is CCn1nc(C)c(Br)c1CC(N)c1c(F)cccc1Br. The van der Waals surface area contributed by atoms with Crippen LogP contribution < -0.4 is 5.73 Å². The van der Waals surface area contributed by atoms with Crippen LogP contribution in [0, 0.1) is 12.7 Å². The lowest BCUT2D eigenvalue weighted by Gasteiger charge is -2.16. The predicted octanol–water partition coefficient (Wildman–Crippen LogP) is 4.12. The van der Waals surface area contributed by atoms with E-state index in [9.17, 15) is 4.39 Å². The molecule has 108 valence electrons. The van der Waals surface area contributed by atoms with Crippen LogP contribution in [-0.4, -0.2) is 9.78 Å². The normalized spacial score (nSPS) is 12.7. The summed E-state index contributed by atoms with van der Waals surface area (Å²) in [6.45, 7) is 4.71. The van der Waals surface area contributed by atoms with Gasteiger partial charge in [0.2, 0.25) is 0 Å². The molecule has 1 unspecified atom stereocenters. The van der Waals surface area contributed by atoms with Crippen molar-refractivity contribution in [2.45, 2.75) is 32.9 Å². The number of halogens is 3. The van der Waals surface area contributed by atoms with E-state index in [0.29, 0.717) is 16.5 Å². The van der Waals surface area contributed by atoms with Crippen molar-refractivity contribution in [2.75, 3.05) is 0 Å². The fourth-order valence-electron chi connectivity index (χ4n) is 2.24. The van der Waals surface area contributed by atoms with Crippen molar-refractivity contribution >= 4 is 31.9 Å². The second kappa shape index (κ2) is 6.37. The molecular weight excluding hydrogens is 389 g/mol. The zero-order valence-corrected chi connectivity index (χ0v) is 14.5. The number of nitrogens with two attached hydrogens (primary N) is 1. The first-order valence-corrected chi connectivity index (χ1v) is 7.95. The molecule has 0 amide bonds. The molecule has 2 N–H and O–H groups in total. The van der Waals surface area contributed by atoms with Gasteiger partial charge in [-0.3, -0.25) is 4.68 Å². The van der Waals surface area contributed by atoms with Gasteiger partial charge in [-0.05, 0) is 41.9 Å². The zero-order chi connectivity index (χ0) is 14.9. The van der Waals surface area contributed by atoms with E-state index in [1.54, 1.807) is 12.1 Å². The van der Waals surface area contributed by atoms with Gasteiger partial charge in [-0.1, -0.05) is 22.0 Å². The summed E-state index contributed by atoms with van der Waals surface area (Å²) < 4.78 is 17.5. The Morgan fingerprint density at radius 1 is 1.40 bits per heavy atom. The second-order valence-electron chi connectivity index (χ2n) is 4.61. The molecule has 0 spiro atoms. The van der Waals surface area contributed by atoms with Crippen molar-refractivity contribution < 1.29 is 4.39 Å². The van der Waals surface area contributed by atoms with Crippen molar-refractivity contribution in [3.63, 3.8) is 0 Å². The molecule has 0 aliphatic rings. The molecule has 0 bridgehead atoms. The highest BCUT2D eigenvalue weighted by molar-refractivity contribution is 9.10. The smallest absolute Gasteiger partial charge is 0.129 e. The van der Waals surface area contributed by atoms with Crippen LogP contribution in [0.2, 0.25) is 0 Å². The number of hydrogen-bond acceptors (Lipinski definition) is 2. The summed E-state index contributed by atoms with van der Waals surface area (Å²) in [5, 5.41) is 4.43. The number of rotatable bonds is 4. The van der Waals surface area contributed by atoms with E-state index >= 15 is 0 Å². The summed E-state index contributed by atoms with van der Waals surface area (Å²) >= 11 is 6.90. The van der Waals surface area contributed by atoms with E-state index in [-0.39, 0.29) is 5.82 Å². The molecule has 2 aromatic rings. The maximum absolute atomic E-state index is 13.9. The van der Waals surface area contributed by atoms with E-state index in [0.717, 1.165) is 22.4 Å². The summed E-state index contributed by atoms with van der Waals surface area (Å²) in [7, 11) is 0. The van der Waals surface area contributed by atoms with Crippen LogP contribution in [-0.2, 0) is 13.0 Å². The van der Waals surface area contributed by atoms with Gasteiger partial charge in [-0.2, -0.15) is 5.10 Å². The largest absolute Gasteiger partial charge is 0.323 e. The van der Waals surface area contributed by atoms with Crippen LogP contribution in [0.3, 0.4) is 0 Å². The van der Waals surface area contributed by atoms with Crippen LogP contribution in [0.4, 0.5) is 4.39 Å². The number of aryl methyl sites for hydroxylation is 2.